The highest BCUT2D eigenvalue weighted by molar-refractivity contribution is 6.31. The minimum Gasteiger partial charge on any atom is -0.507 e. The summed E-state index contributed by atoms with van der Waals surface area (Å²) in [7, 11) is 2.08. The Bertz CT molecular complexity index is 974. The second-order valence-electron chi connectivity index (χ2n) is 7.60. The van der Waals surface area contributed by atoms with Crippen LogP contribution in [0.4, 0.5) is 0 Å². The number of nitrogens with zero attached hydrogens (tertiary/aromatic N) is 4. The van der Waals surface area contributed by atoms with Crippen molar-refractivity contribution in [2.45, 2.75) is 31.9 Å². The van der Waals surface area contributed by atoms with Crippen molar-refractivity contribution in [3.05, 3.63) is 41.0 Å². The van der Waals surface area contributed by atoms with Gasteiger partial charge in [-0.15, -0.1) is 22.6 Å². The molecule has 6 nitrogen and oxygen atoms in total. The number of rotatable bonds is 3. The second-order valence-corrected chi connectivity index (χ2v) is 8.03. The first kappa shape index (κ1) is 20.9. The van der Waals surface area contributed by atoms with Crippen molar-refractivity contribution in [3.63, 3.8) is 0 Å². The van der Waals surface area contributed by atoms with E-state index in [0.29, 0.717) is 22.8 Å². The predicted octanol–water partition coefficient (Wildman–Crippen LogP) is 3.64. The lowest BCUT2D eigenvalue weighted by molar-refractivity contribution is -0.0283. The van der Waals surface area contributed by atoms with E-state index in [4.69, 9.17) is 11.6 Å². The maximum Gasteiger partial charge on any atom is 0.162 e. The molecule has 0 amide bonds. The first-order chi connectivity index (χ1) is 12.8. The van der Waals surface area contributed by atoms with Gasteiger partial charge in [0, 0.05) is 35.3 Å². The van der Waals surface area contributed by atoms with Crippen LogP contribution in [-0.4, -0.2) is 55.6 Å². The van der Waals surface area contributed by atoms with Crippen LogP contribution in [-0.2, 0) is 6.54 Å². The van der Waals surface area contributed by atoms with Gasteiger partial charge in [-0.1, -0.05) is 11.6 Å². The van der Waals surface area contributed by atoms with E-state index in [1.165, 1.54) is 6.07 Å². The number of halogens is 2. The highest BCUT2D eigenvalue weighted by Crippen LogP contribution is 2.35. The fourth-order valence-electron chi connectivity index (χ4n) is 3.80. The fourth-order valence-corrected chi connectivity index (χ4v) is 4.07. The maximum atomic E-state index is 10.9. The van der Waals surface area contributed by atoms with E-state index in [-0.39, 0.29) is 18.2 Å². The van der Waals surface area contributed by atoms with Crippen molar-refractivity contribution in [2.75, 3.05) is 20.1 Å². The molecular weight excluding hydrogens is 399 g/mol. The van der Waals surface area contributed by atoms with Crippen LogP contribution in [0.2, 0.25) is 5.02 Å². The molecule has 1 fully saturated rings. The maximum absolute atomic E-state index is 10.9. The lowest BCUT2D eigenvalue weighted by Crippen LogP contribution is -2.45. The normalized spacial score (nSPS) is 16.9. The van der Waals surface area contributed by atoms with Gasteiger partial charge in [0.1, 0.15) is 5.75 Å². The zero-order valence-electron chi connectivity index (χ0n) is 15.9. The van der Waals surface area contributed by atoms with Gasteiger partial charge in [0.25, 0.3) is 0 Å². The molecule has 150 valence electrons. The Labute approximate surface area is 175 Å². The summed E-state index contributed by atoms with van der Waals surface area (Å²) in [6.45, 7) is 4.17. The highest BCUT2D eigenvalue weighted by Gasteiger charge is 2.32. The highest BCUT2D eigenvalue weighted by atomic mass is 35.5. The number of benzene rings is 1. The molecule has 1 aromatic carbocycles. The zero-order chi connectivity index (χ0) is 19.2. The average Bonchev–Trinajstić information content (AvgIpc) is 2.99. The number of hydrogen-bond donors (Lipinski definition) is 2. The molecule has 28 heavy (non-hydrogen) atoms. The van der Waals surface area contributed by atoms with E-state index in [2.05, 4.69) is 22.1 Å². The van der Waals surface area contributed by atoms with Gasteiger partial charge in [-0.3, -0.25) is 0 Å². The van der Waals surface area contributed by atoms with Gasteiger partial charge in [-0.05, 0) is 56.6 Å². The number of piperidine rings is 1. The summed E-state index contributed by atoms with van der Waals surface area (Å²) in [5, 5.41) is 31.3. The van der Waals surface area contributed by atoms with E-state index in [0.717, 1.165) is 42.5 Å². The standard InChI is InChI=1S/C20H23ClN4O2.ClH/c1-13-9-15(21)11-17(26)18(13)16-10-14-3-6-25(19(14)23-22-16)12-20(27)4-7-24(2)8-5-20;/h3,6,9-11,26-27H,4-5,7-8,12H2,1-2H3;1H. The number of aryl methyl sites for hydroxylation is 1. The summed E-state index contributed by atoms with van der Waals surface area (Å²) in [6, 6.07) is 7.18. The van der Waals surface area contributed by atoms with Crippen LogP contribution in [0.1, 0.15) is 18.4 Å². The molecule has 1 aliphatic rings. The molecular formula is C20H24Cl2N4O2. The van der Waals surface area contributed by atoms with Crippen molar-refractivity contribution < 1.29 is 10.2 Å². The number of phenolic OH excluding ortho intramolecular Hbond substituents is 1. The van der Waals surface area contributed by atoms with E-state index in [9.17, 15) is 10.2 Å². The molecule has 0 radical (unpaired) electrons. The lowest BCUT2D eigenvalue weighted by Gasteiger charge is -2.36. The topological polar surface area (TPSA) is 74.4 Å². The molecule has 8 heteroatoms. The molecule has 3 aromatic rings. The third-order valence-corrected chi connectivity index (χ3v) is 5.65. The van der Waals surface area contributed by atoms with Gasteiger partial charge in [-0.2, -0.15) is 0 Å². The Morgan fingerprint density at radius 1 is 1.18 bits per heavy atom. The Kier molecular flexibility index (Phi) is 5.87. The summed E-state index contributed by atoms with van der Waals surface area (Å²) in [5.74, 6) is 0.0914. The Hall–Kier alpha value is -1.86. The smallest absolute Gasteiger partial charge is 0.162 e. The van der Waals surface area contributed by atoms with Gasteiger partial charge < -0.3 is 19.7 Å². The molecule has 0 saturated carbocycles. The summed E-state index contributed by atoms with van der Waals surface area (Å²) < 4.78 is 1.96. The van der Waals surface area contributed by atoms with E-state index < -0.39 is 5.60 Å². The van der Waals surface area contributed by atoms with Crippen LogP contribution in [0, 0.1) is 6.92 Å². The monoisotopic (exact) mass is 422 g/mol. The summed E-state index contributed by atoms with van der Waals surface area (Å²) in [5.41, 5.74) is 2.09. The van der Waals surface area contributed by atoms with Crippen LogP contribution >= 0.6 is 24.0 Å². The third-order valence-electron chi connectivity index (χ3n) is 5.43. The first-order valence-electron chi connectivity index (χ1n) is 9.08. The summed E-state index contributed by atoms with van der Waals surface area (Å²) in [4.78, 5) is 2.23. The molecule has 2 N–H and O–H groups in total. The first-order valence-corrected chi connectivity index (χ1v) is 9.45. The van der Waals surface area contributed by atoms with Crippen molar-refractivity contribution in [3.8, 4) is 17.0 Å². The molecule has 4 rings (SSSR count). The molecule has 1 saturated heterocycles. The molecule has 0 bridgehead atoms. The number of fused-ring (bicyclic) bond motifs is 1. The predicted molar refractivity (Wildman–Crippen MR) is 113 cm³/mol. The molecule has 0 aliphatic carbocycles. The largest absolute Gasteiger partial charge is 0.507 e. The van der Waals surface area contributed by atoms with E-state index in [1.54, 1.807) is 6.07 Å². The number of aliphatic hydroxyl groups is 1. The number of hydrogen-bond acceptors (Lipinski definition) is 5. The van der Waals surface area contributed by atoms with Gasteiger partial charge in [0.15, 0.2) is 5.65 Å². The number of likely N-dealkylation sites (tertiary alicyclic amines) is 1. The van der Waals surface area contributed by atoms with Crippen molar-refractivity contribution in [1.29, 1.82) is 0 Å². The molecule has 0 unspecified atom stereocenters. The third kappa shape index (κ3) is 3.96. The van der Waals surface area contributed by atoms with E-state index in [1.807, 2.05) is 29.8 Å². The molecule has 0 atom stereocenters. The van der Waals surface area contributed by atoms with Gasteiger partial charge >= 0.3 is 0 Å². The van der Waals surface area contributed by atoms with Gasteiger partial charge in [-0.25, -0.2) is 0 Å². The molecule has 3 heterocycles. The summed E-state index contributed by atoms with van der Waals surface area (Å²) >= 11 is 6.00. The molecule has 2 aromatic heterocycles. The minimum absolute atomic E-state index is 0. The molecule has 1 aliphatic heterocycles. The van der Waals surface area contributed by atoms with Crippen LogP contribution in [0.5, 0.6) is 5.75 Å². The van der Waals surface area contributed by atoms with Gasteiger partial charge in [0.05, 0.1) is 17.8 Å². The van der Waals surface area contributed by atoms with Crippen molar-refractivity contribution >= 4 is 35.0 Å². The van der Waals surface area contributed by atoms with Crippen LogP contribution in [0.15, 0.2) is 30.5 Å². The quantitative estimate of drug-likeness (QED) is 0.673. The van der Waals surface area contributed by atoms with E-state index >= 15 is 0 Å². The van der Waals surface area contributed by atoms with Crippen molar-refractivity contribution in [1.82, 2.24) is 19.7 Å². The van der Waals surface area contributed by atoms with Crippen LogP contribution in [0.3, 0.4) is 0 Å². The number of phenols is 1. The number of aromatic nitrogens is 3. The van der Waals surface area contributed by atoms with Crippen LogP contribution < -0.4 is 0 Å². The fraction of sp³-hybridized carbons (Fsp3) is 0.400. The lowest BCUT2D eigenvalue weighted by atomic mass is 9.91. The Morgan fingerprint density at radius 2 is 1.89 bits per heavy atom. The summed E-state index contributed by atoms with van der Waals surface area (Å²) in [6.07, 6.45) is 3.42. The number of aromatic hydroxyl groups is 1. The molecule has 0 spiro atoms. The minimum atomic E-state index is -0.718. The SMILES string of the molecule is Cc1cc(Cl)cc(O)c1-c1cc2ccn(CC3(O)CCN(C)CC3)c2nn1.Cl. The second kappa shape index (κ2) is 7.87. The zero-order valence-corrected chi connectivity index (χ0v) is 17.5. The Balaban J connectivity index is 0.00000225. The van der Waals surface area contributed by atoms with Gasteiger partial charge in [0.2, 0.25) is 0 Å². The Morgan fingerprint density at radius 3 is 2.57 bits per heavy atom. The van der Waals surface area contributed by atoms with Crippen LogP contribution in [0.25, 0.3) is 22.3 Å². The van der Waals surface area contributed by atoms with Crippen molar-refractivity contribution in [2.24, 2.45) is 0 Å². The average molecular weight is 423 g/mol.